The number of aromatic nitrogens is 3. The molecule has 23 heavy (non-hydrogen) atoms. The number of amides is 1. The first kappa shape index (κ1) is 13.8. The summed E-state index contributed by atoms with van der Waals surface area (Å²) in [6.07, 6.45) is 7.69. The molecule has 3 heterocycles. The zero-order valence-electron chi connectivity index (χ0n) is 12.5. The van der Waals surface area contributed by atoms with Gasteiger partial charge in [0.15, 0.2) is 5.65 Å². The average molecular weight is 308 g/mol. The number of fused-ring (bicyclic) bond motifs is 2. The molecule has 1 aliphatic heterocycles. The standard InChI is InChI=1S/C17H16N4O2/c22-17(13-7-12-3-1-2-4-15(12)23-11-13)20-9-14-8-19-16-10-18-5-6-21(14)16/h1-6,8,10,13H,7,9,11H2,(H,20,22). The maximum absolute atomic E-state index is 12.4. The minimum absolute atomic E-state index is 0.00325. The van der Waals surface area contributed by atoms with Gasteiger partial charge >= 0.3 is 0 Å². The van der Waals surface area contributed by atoms with E-state index in [-0.39, 0.29) is 11.8 Å². The van der Waals surface area contributed by atoms with Crippen molar-refractivity contribution >= 4 is 11.6 Å². The molecule has 4 rings (SSSR count). The lowest BCUT2D eigenvalue weighted by molar-refractivity contribution is -0.126. The summed E-state index contributed by atoms with van der Waals surface area (Å²) in [5, 5.41) is 2.98. The van der Waals surface area contributed by atoms with Crippen LogP contribution in [0.5, 0.6) is 5.75 Å². The fourth-order valence-corrected chi connectivity index (χ4v) is 2.84. The molecule has 0 fully saturated rings. The number of carbonyl (C=O) groups excluding carboxylic acids is 1. The summed E-state index contributed by atoms with van der Waals surface area (Å²) in [4.78, 5) is 20.7. The van der Waals surface area contributed by atoms with Gasteiger partial charge in [-0.1, -0.05) is 18.2 Å². The molecule has 0 bridgehead atoms. The first-order valence-corrected chi connectivity index (χ1v) is 7.55. The van der Waals surface area contributed by atoms with Gasteiger partial charge in [-0.3, -0.25) is 14.2 Å². The third-order valence-corrected chi connectivity index (χ3v) is 4.09. The lowest BCUT2D eigenvalue weighted by Crippen LogP contribution is -2.37. The summed E-state index contributed by atoms with van der Waals surface area (Å²) in [7, 11) is 0. The van der Waals surface area contributed by atoms with Gasteiger partial charge in [0.25, 0.3) is 0 Å². The van der Waals surface area contributed by atoms with Gasteiger partial charge in [0, 0.05) is 12.4 Å². The Morgan fingerprint density at radius 3 is 3.22 bits per heavy atom. The number of hydrogen-bond donors (Lipinski definition) is 1. The smallest absolute Gasteiger partial charge is 0.227 e. The van der Waals surface area contributed by atoms with Crippen LogP contribution in [0.25, 0.3) is 5.65 Å². The molecule has 116 valence electrons. The number of carbonyl (C=O) groups is 1. The number of ether oxygens (including phenoxy) is 1. The number of benzene rings is 1. The summed E-state index contributed by atoms with van der Waals surface area (Å²) in [5.74, 6) is 0.722. The molecule has 1 amide bonds. The van der Waals surface area contributed by atoms with Crippen molar-refractivity contribution in [1.82, 2.24) is 19.7 Å². The van der Waals surface area contributed by atoms with Gasteiger partial charge in [-0.15, -0.1) is 0 Å². The second kappa shape index (κ2) is 5.72. The molecule has 2 aromatic heterocycles. The maximum Gasteiger partial charge on any atom is 0.227 e. The number of nitrogens with one attached hydrogen (secondary N) is 1. The van der Waals surface area contributed by atoms with Crippen LogP contribution in [0.4, 0.5) is 0 Å². The average Bonchev–Trinajstić information content (AvgIpc) is 3.02. The van der Waals surface area contributed by atoms with Crippen molar-refractivity contribution in [3.8, 4) is 5.75 Å². The molecule has 6 heteroatoms. The predicted octanol–water partition coefficient (Wildman–Crippen LogP) is 1.60. The molecule has 6 nitrogen and oxygen atoms in total. The van der Waals surface area contributed by atoms with E-state index in [0.29, 0.717) is 19.6 Å². The van der Waals surface area contributed by atoms with Crippen molar-refractivity contribution in [2.75, 3.05) is 6.61 Å². The van der Waals surface area contributed by atoms with Crippen LogP contribution in [0.3, 0.4) is 0 Å². The van der Waals surface area contributed by atoms with Gasteiger partial charge in [-0.25, -0.2) is 4.98 Å². The second-order valence-corrected chi connectivity index (χ2v) is 5.59. The van der Waals surface area contributed by atoms with Crippen LogP contribution in [0.15, 0.2) is 49.1 Å². The van der Waals surface area contributed by atoms with Crippen LogP contribution in [0.1, 0.15) is 11.3 Å². The Morgan fingerprint density at radius 1 is 1.35 bits per heavy atom. The van der Waals surface area contributed by atoms with E-state index in [2.05, 4.69) is 15.3 Å². The molecule has 0 saturated heterocycles. The van der Waals surface area contributed by atoms with Crippen molar-refractivity contribution < 1.29 is 9.53 Å². The van der Waals surface area contributed by atoms with E-state index in [1.165, 1.54) is 0 Å². The highest BCUT2D eigenvalue weighted by Crippen LogP contribution is 2.26. The Kier molecular flexibility index (Phi) is 3.42. The van der Waals surface area contributed by atoms with E-state index >= 15 is 0 Å². The number of nitrogens with zero attached hydrogens (tertiary/aromatic N) is 3. The summed E-state index contributed by atoms with van der Waals surface area (Å²) in [5.41, 5.74) is 2.78. The van der Waals surface area contributed by atoms with Crippen molar-refractivity contribution in [1.29, 1.82) is 0 Å². The normalized spacial score (nSPS) is 16.6. The molecule has 1 aliphatic rings. The molecule has 3 aromatic rings. The Balaban J connectivity index is 1.43. The SMILES string of the molecule is O=C(NCc1cnc2cnccn12)C1COc2ccccc2C1. The van der Waals surface area contributed by atoms with Crippen LogP contribution in [-0.2, 0) is 17.8 Å². The van der Waals surface area contributed by atoms with Gasteiger partial charge < -0.3 is 10.1 Å². The monoisotopic (exact) mass is 308 g/mol. The minimum Gasteiger partial charge on any atom is -0.492 e. The topological polar surface area (TPSA) is 68.5 Å². The fourth-order valence-electron chi connectivity index (χ4n) is 2.84. The summed E-state index contributed by atoms with van der Waals surface area (Å²) in [6, 6.07) is 7.86. The van der Waals surface area contributed by atoms with Gasteiger partial charge in [-0.2, -0.15) is 0 Å². The molecule has 0 saturated carbocycles. The van der Waals surface area contributed by atoms with Crippen LogP contribution >= 0.6 is 0 Å². The summed E-state index contributed by atoms with van der Waals surface area (Å²) in [6.45, 7) is 0.849. The Morgan fingerprint density at radius 2 is 2.26 bits per heavy atom. The first-order chi connectivity index (χ1) is 11.3. The number of rotatable bonds is 3. The molecule has 1 aromatic carbocycles. The summed E-state index contributed by atoms with van der Waals surface area (Å²) < 4.78 is 7.59. The highest BCUT2D eigenvalue weighted by atomic mass is 16.5. The lowest BCUT2D eigenvalue weighted by atomic mass is 9.96. The second-order valence-electron chi connectivity index (χ2n) is 5.59. The number of hydrogen-bond acceptors (Lipinski definition) is 4. The fraction of sp³-hybridized carbons (Fsp3) is 0.235. The van der Waals surface area contributed by atoms with Gasteiger partial charge in [0.2, 0.25) is 5.91 Å². The van der Waals surface area contributed by atoms with Crippen molar-refractivity contribution in [2.45, 2.75) is 13.0 Å². The third-order valence-electron chi connectivity index (χ3n) is 4.09. The number of imidazole rings is 1. The first-order valence-electron chi connectivity index (χ1n) is 7.55. The number of para-hydroxylation sites is 1. The van der Waals surface area contributed by atoms with Gasteiger partial charge in [0.1, 0.15) is 12.4 Å². The summed E-state index contributed by atoms with van der Waals surface area (Å²) >= 11 is 0. The highest BCUT2D eigenvalue weighted by Gasteiger charge is 2.25. The molecule has 0 aliphatic carbocycles. The largest absolute Gasteiger partial charge is 0.492 e. The minimum atomic E-state index is -0.161. The third kappa shape index (κ3) is 2.63. The molecular weight excluding hydrogens is 292 g/mol. The molecule has 1 N–H and O–H groups in total. The Hall–Kier alpha value is -2.89. The van der Waals surface area contributed by atoms with E-state index < -0.39 is 0 Å². The van der Waals surface area contributed by atoms with E-state index in [9.17, 15) is 4.79 Å². The van der Waals surface area contributed by atoms with Gasteiger partial charge in [0.05, 0.1) is 30.6 Å². The highest BCUT2D eigenvalue weighted by molar-refractivity contribution is 5.79. The van der Waals surface area contributed by atoms with Crippen LogP contribution < -0.4 is 10.1 Å². The molecule has 1 atom stereocenters. The van der Waals surface area contributed by atoms with E-state index in [0.717, 1.165) is 22.7 Å². The van der Waals surface area contributed by atoms with E-state index in [1.54, 1.807) is 18.6 Å². The zero-order chi connectivity index (χ0) is 15.6. The molecule has 1 unspecified atom stereocenters. The molecule has 0 radical (unpaired) electrons. The maximum atomic E-state index is 12.4. The Labute approximate surface area is 133 Å². The van der Waals surface area contributed by atoms with Crippen LogP contribution in [-0.4, -0.2) is 26.9 Å². The van der Waals surface area contributed by atoms with Crippen LogP contribution in [0.2, 0.25) is 0 Å². The predicted molar refractivity (Wildman–Crippen MR) is 84.0 cm³/mol. The van der Waals surface area contributed by atoms with Crippen LogP contribution in [0, 0.1) is 5.92 Å². The van der Waals surface area contributed by atoms with Crippen molar-refractivity contribution in [3.05, 3.63) is 60.3 Å². The quantitative estimate of drug-likeness (QED) is 0.798. The van der Waals surface area contributed by atoms with E-state index in [4.69, 9.17) is 4.74 Å². The zero-order valence-corrected chi connectivity index (χ0v) is 12.5. The van der Waals surface area contributed by atoms with E-state index in [1.807, 2.05) is 34.9 Å². The van der Waals surface area contributed by atoms with Crippen molar-refractivity contribution in [3.63, 3.8) is 0 Å². The lowest BCUT2D eigenvalue weighted by Gasteiger charge is -2.24. The molecular formula is C17H16N4O2. The van der Waals surface area contributed by atoms with Crippen molar-refractivity contribution in [2.24, 2.45) is 5.92 Å². The Bertz CT molecular complexity index is 858. The molecule has 0 spiro atoms. The van der Waals surface area contributed by atoms with Gasteiger partial charge in [-0.05, 0) is 18.1 Å².